The van der Waals surface area contributed by atoms with Gasteiger partial charge in [0, 0.05) is 0 Å². The van der Waals surface area contributed by atoms with E-state index in [2.05, 4.69) is 0 Å². The summed E-state index contributed by atoms with van der Waals surface area (Å²) >= 11 is 0. The van der Waals surface area contributed by atoms with Crippen molar-refractivity contribution >= 4 is 6.47 Å². The van der Waals surface area contributed by atoms with Crippen LogP contribution in [0.5, 0.6) is 0 Å². The Morgan fingerprint density at radius 3 is 2.14 bits per heavy atom. The molecule has 0 atom stereocenters. The smallest absolute Gasteiger partial charge is 0.290 e. The number of halogens is 1. The summed E-state index contributed by atoms with van der Waals surface area (Å²) in [6, 6.07) is 6.90. The largest absolute Gasteiger partial charge is 0.483 e. The van der Waals surface area contributed by atoms with E-state index < -0.39 is 0 Å². The van der Waals surface area contributed by atoms with Gasteiger partial charge in [0.2, 0.25) is 0 Å². The van der Waals surface area contributed by atoms with Crippen molar-refractivity contribution in [3.05, 3.63) is 35.6 Å². The number of benzene rings is 1. The molecule has 0 spiro atoms. The first kappa shape index (κ1) is 10.7. The first-order chi connectivity index (χ1) is 6.77. The third-order valence-electron chi connectivity index (χ3n) is 2.45. The van der Waals surface area contributed by atoms with Crippen LogP contribution in [0.1, 0.15) is 30.7 Å². The molecule has 0 aliphatic heterocycles. The lowest BCUT2D eigenvalue weighted by Gasteiger charge is -2.25. The molecule has 1 aliphatic carbocycles. The first-order valence-electron chi connectivity index (χ1n) is 4.61. The highest BCUT2D eigenvalue weighted by atomic mass is 19.1. The molecule has 2 rings (SSSR count). The van der Waals surface area contributed by atoms with E-state index >= 15 is 0 Å². The third-order valence-corrected chi connectivity index (χ3v) is 2.45. The molecule has 0 unspecified atom stereocenters. The fourth-order valence-corrected chi connectivity index (χ4v) is 1.48. The quantitative estimate of drug-likeness (QED) is 0.701. The van der Waals surface area contributed by atoms with Crippen molar-refractivity contribution in [2.45, 2.75) is 25.2 Å². The number of carboxylic acid groups (broad SMARTS) is 1. The minimum Gasteiger partial charge on any atom is -0.483 e. The number of carbonyl (C=O) groups is 1. The van der Waals surface area contributed by atoms with Crippen molar-refractivity contribution in [1.82, 2.24) is 0 Å². The van der Waals surface area contributed by atoms with Crippen LogP contribution in [-0.2, 0) is 4.79 Å². The predicted octanol–water partition coefficient (Wildman–Crippen LogP) is 2.79. The zero-order valence-corrected chi connectivity index (χ0v) is 7.82. The zero-order valence-electron chi connectivity index (χ0n) is 7.82. The van der Waals surface area contributed by atoms with Crippen molar-refractivity contribution in [2.75, 3.05) is 0 Å². The predicted molar refractivity (Wildman–Crippen MR) is 51.7 cm³/mol. The fourth-order valence-electron chi connectivity index (χ4n) is 1.48. The maximum absolute atomic E-state index is 12.5. The summed E-state index contributed by atoms with van der Waals surface area (Å²) in [4.78, 5) is 8.36. The van der Waals surface area contributed by atoms with Gasteiger partial charge in [-0.25, -0.2) is 4.39 Å². The van der Waals surface area contributed by atoms with E-state index in [9.17, 15) is 4.39 Å². The van der Waals surface area contributed by atoms with Gasteiger partial charge >= 0.3 is 0 Å². The zero-order chi connectivity index (χ0) is 10.4. The van der Waals surface area contributed by atoms with Gasteiger partial charge < -0.3 is 5.11 Å². The standard InChI is InChI=1S/C10H11F.CH2O2/c11-10-6-4-9(5-7-10)8-2-1-3-8;2-1-3/h4-8H,1-3H2;1H,(H,2,3). The van der Waals surface area contributed by atoms with Crippen LogP contribution in [0.4, 0.5) is 4.39 Å². The van der Waals surface area contributed by atoms with E-state index in [0.717, 1.165) is 5.92 Å². The van der Waals surface area contributed by atoms with Gasteiger partial charge in [-0.15, -0.1) is 0 Å². The molecule has 0 aromatic heterocycles. The van der Waals surface area contributed by atoms with Crippen LogP contribution < -0.4 is 0 Å². The van der Waals surface area contributed by atoms with E-state index in [1.165, 1.54) is 24.8 Å². The SMILES string of the molecule is Fc1ccc(C2CCC2)cc1.O=CO. The Balaban J connectivity index is 0.000000293. The van der Waals surface area contributed by atoms with Crippen molar-refractivity contribution in [1.29, 1.82) is 0 Å². The molecule has 1 N–H and O–H groups in total. The van der Waals surface area contributed by atoms with E-state index in [4.69, 9.17) is 9.90 Å². The van der Waals surface area contributed by atoms with Crippen LogP contribution >= 0.6 is 0 Å². The molecule has 3 heteroatoms. The number of hydrogen-bond acceptors (Lipinski definition) is 1. The van der Waals surface area contributed by atoms with Crippen LogP contribution in [0.2, 0.25) is 0 Å². The third kappa shape index (κ3) is 2.83. The Morgan fingerprint density at radius 1 is 1.29 bits per heavy atom. The average molecular weight is 196 g/mol. The molecule has 1 fully saturated rings. The van der Waals surface area contributed by atoms with Crippen molar-refractivity contribution in [3.63, 3.8) is 0 Å². The van der Waals surface area contributed by atoms with E-state index in [-0.39, 0.29) is 12.3 Å². The van der Waals surface area contributed by atoms with Gasteiger partial charge in [-0.3, -0.25) is 4.79 Å². The average Bonchev–Trinajstić information content (AvgIpc) is 2.07. The second-order valence-electron chi connectivity index (χ2n) is 3.28. The normalized spacial score (nSPS) is 14.9. The summed E-state index contributed by atoms with van der Waals surface area (Å²) in [5, 5.41) is 6.89. The van der Waals surface area contributed by atoms with Crippen LogP contribution in [-0.4, -0.2) is 11.6 Å². The summed E-state index contributed by atoms with van der Waals surface area (Å²) in [7, 11) is 0. The van der Waals surface area contributed by atoms with Gasteiger partial charge in [-0.2, -0.15) is 0 Å². The lowest BCUT2D eigenvalue weighted by molar-refractivity contribution is -0.122. The lowest BCUT2D eigenvalue weighted by Crippen LogP contribution is -2.08. The highest BCUT2D eigenvalue weighted by Crippen LogP contribution is 2.35. The summed E-state index contributed by atoms with van der Waals surface area (Å²) in [5.41, 5.74) is 1.30. The molecule has 0 heterocycles. The Hall–Kier alpha value is -1.38. The molecule has 0 radical (unpaired) electrons. The van der Waals surface area contributed by atoms with Gasteiger partial charge in [0.1, 0.15) is 5.82 Å². The summed E-state index contributed by atoms with van der Waals surface area (Å²) in [6.07, 6.45) is 3.90. The van der Waals surface area contributed by atoms with Crippen molar-refractivity contribution in [2.24, 2.45) is 0 Å². The fraction of sp³-hybridized carbons (Fsp3) is 0.364. The van der Waals surface area contributed by atoms with E-state index in [0.29, 0.717) is 0 Å². The molecule has 1 aromatic carbocycles. The highest BCUT2D eigenvalue weighted by molar-refractivity contribution is 5.32. The summed E-state index contributed by atoms with van der Waals surface area (Å²) in [5.74, 6) is 0.587. The molecule has 1 aromatic rings. The maximum atomic E-state index is 12.5. The molecular weight excluding hydrogens is 183 g/mol. The molecule has 1 saturated carbocycles. The molecule has 0 amide bonds. The molecule has 0 bridgehead atoms. The Morgan fingerprint density at radius 2 is 1.79 bits per heavy atom. The molecule has 76 valence electrons. The lowest BCUT2D eigenvalue weighted by atomic mass is 9.80. The van der Waals surface area contributed by atoms with Crippen LogP contribution in [0.3, 0.4) is 0 Å². The second kappa shape index (κ2) is 5.37. The number of rotatable bonds is 1. The molecule has 2 nitrogen and oxygen atoms in total. The van der Waals surface area contributed by atoms with Crippen LogP contribution in [0.15, 0.2) is 24.3 Å². The van der Waals surface area contributed by atoms with E-state index in [1.54, 1.807) is 12.1 Å². The topological polar surface area (TPSA) is 37.3 Å². The Bertz CT molecular complexity index is 278. The van der Waals surface area contributed by atoms with Crippen LogP contribution in [0, 0.1) is 5.82 Å². The maximum Gasteiger partial charge on any atom is 0.290 e. The minimum atomic E-state index is -0.250. The molecule has 14 heavy (non-hydrogen) atoms. The minimum absolute atomic E-state index is 0.131. The molecule has 1 aliphatic rings. The van der Waals surface area contributed by atoms with Gasteiger partial charge in [0.25, 0.3) is 6.47 Å². The summed E-state index contributed by atoms with van der Waals surface area (Å²) in [6.45, 7) is -0.250. The monoisotopic (exact) mass is 196 g/mol. The van der Waals surface area contributed by atoms with Crippen molar-refractivity contribution < 1.29 is 14.3 Å². The second-order valence-corrected chi connectivity index (χ2v) is 3.28. The number of hydrogen-bond donors (Lipinski definition) is 1. The van der Waals surface area contributed by atoms with E-state index in [1.807, 2.05) is 12.1 Å². The van der Waals surface area contributed by atoms with Gasteiger partial charge in [0.15, 0.2) is 0 Å². The van der Waals surface area contributed by atoms with Crippen LogP contribution in [0.25, 0.3) is 0 Å². The molecular formula is C11H13FO2. The first-order valence-corrected chi connectivity index (χ1v) is 4.61. The summed E-state index contributed by atoms with van der Waals surface area (Å²) < 4.78 is 12.5. The van der Waals surface area contributed by atoms with Gasteiger partial charge in [0.05, 0.1) is 0 Å². The molecule has 0 saturated heterocycles. The van der Waals surface area contributed by atoms with Gasteiger partial charge in [-0.1, -0.05) is 18.6 Å². The van der Waals surface area contributed by atoms with Gasteiger partial charge in [-0.05, 0) is 36.5 Å². The van der Waals surface area contributed by atoms with Crippen molar-refractivity contribution in [3.8, 4) is 0 Å². The Labute approximate surface area is 82.4 Å². The Kier molecular flexibility index (Phi) is 4.11. The highest BCUT2D eigenvalue weighted by Gasteiger charge is 2.18.